The Kier molecular flexibility index (Phi) is 9.25. The first kappa shape index (κ1) is 21.2. The Labute approximate surface area is 166 Å². The zero-order chi connectivity index (χ0) is 17.4. The average molecular weight is 458 g/mol. The lowest BCUT2D eigenvalue weighted by Gasteiger charge is -2.12. The molecule has 2 N–H and O–H groups in total. The lowest BCUT2D eigenvalue weighted by molar-refractivity contribution is 0.411. The van der Waals surface area contributed by atoms with Gasteiger partial charge in [0.05, 0.1) is 13.7 Å². The number of nitrogens with zero attached hydrogens (tertiary/aromatic N) is 4. The third-order valence-electron chi connectivity index (χ3n) is 3.85. The van der Waals surface area contributed by atoms with Crippen molar-refractivity contribution in [2.24, 2.45) is 4.99 Å². The molecule has 0 bridgehead atoms. The van der Waals surface area contributed by atoms with Crippen molar-refractivity contribution in [2.45, 2.75) is 33.4 Å². The van der Waals surface area contributed by atoms with Crippen molar-refractivity contribution in [2.75, 3.05) is 20.7 Å². The first-order chi connectivity index (χ1) is 11.7. The van der Waals surface area contributed by atoms with Crippen LogP contribution in [0.3, 0.4) is 0 Å². The number of aromatic nitrogens is 3. The molecule has 0 fully saturated rings. The molecule has 0 aliphatic rings. The predicted octanol–water partition coefficient (Wildman–Crippen LogP) is 2.14. The quantitative estimate of drug-likeness (QED) is 0.378. The van der Waals surface area contributed by atoms with Gasteiger partial charge in [-0.1, -0.05) is 12.1 Å². The molecule has 0 saturated carbocycles. The Hall–Kier alpha value is -1.84. The van der Waals surface area contributed by atoms with Crippen LogP contribution in [-0.2, 0) is 19.5 Å². The highest BCUT2D eigenvalue weighted by atomic mass is 127. The molecule has 0 aliphatic heterocycles. The second-order valence-corrected chi connectivity index (χ2v) is 5.44. The summed E-state index contributed by atoms with van der Waals surface area (Å²) >= 11 is 0. The van der Waals surface area contributed by atoms with Gasteiger partial charge in [0.1, 0.15) is 12.1 Å². The van der Waals surface area contributed by atoms with E-state index in [4.69, 9.17) is 4.74 Å². The van der Waals surface area contributed by atoms with Crippen LogP contribution in [0.5, 0.6) is 5.75 Å². The van der Waals surface area contributed by atoms with Crippen molar-refractivity contribution in [3.8, 4) is 5.75 Å². The maximum absolute atomic E-state index is 5.36. The summed E-state index contributed by atoms with van der Waals surface area (Å²) in [6.45, 7) is 6.33. The summed E-state index contributed by atoms with van der Waals surface area (Å²) in [7, 11) is 3.46. The molecule has 2 aromatic rings. The van der Waals surface area contributed by atoms with Gasteiger partial charge in [-0.05, 0) is 37.5 Å². The second kappa shape index (κ2) is 10.9. The molecule has 1 aromatic heterocycles. The van der Waals surface area contributed by atoms with Crippen LogP contribution in [0.2, 0.25) is 0 Å². The van der Waals surface area contributed by atoms with Crippen molar-refractivity contribution < 1.29 is 4.74 Å². The first-order valence-electron chi connectivity index (χ1n) is 8.12. The summed E-state index contributed by atoms with van der Waals surface area (Å²) in [5.41, 5.74) is 2.37. The van der Waals surface area contributed by atoms with Crippen LogP contribution in [0.15, 0.2) is 29.5 Å². The number of nitrogens with one attached hydrogen (secondary N) is 2. The van der Waals surface area contributed by atoms with Crippen LogP contribution in [0.25, 0.3) is 0 Å². The number of aliphatic imine (C=N–C) groups is 1. The van der Waals surface area contributed by atoms with E-state index in [1.165, 1.54) is 5.56 Å². The molecule has 25 heavy (non-hydrogen) atoms. The number of benzene rings is 1. The van der Waals surface area contributed by atoms with Crippen molar-refractivity contribution in [1.82, 2.24) is 25.4 Å². The Bertz CT molecular complexity index is 686. The molecule has 8 heteroatoms. The standard InChI is InChI=1S/C17H26N6O.HI/c1-5-23-12-21-22-16(23)11-20-17(18-3)19-9-8-14-7-6-13(2)15(10-14)24-4;/h6-7,10,12H,5,8-9,11H2,1-4H3,(H2,18,19,20);1H. The maximum atomic E-state index is 5.36. The highest BCUT2D eigenvalue weighted by Crippen LogP contribution is 2.18. The topological polar surface area (TPSA) is 76.4 Å². The Balaban J connectivity index is 0.00000312. The minimum atomic E-state index is 0. The van der Waals surface area contributed by atoms with Crippen LogP contribution in [0.4, 0.5) is 0 Å². The lowest BCUT2D eigenvalue weighted by Crippen LogP contribution is -2.38. The number of hydrogen-bond acceptors (Lipinski definition) is 4. The monoisotopic (exact) mass is 458 g/mol. The van der Waals surface area contributed by atoms with Gasteiger partial charge < -0.3 is 19.9 Å². The lowest BCUT2D eigenvalue weighted by atomic mass is 10.1. The fourth-order valence-electron chi connectivity index (χ4n) is 2.41. The average Bonchev–Trinajstić information content (AvgIpc) is 3.06. The fraction of sp³-hybridized carbons (Fsp3) is 0.471. The largest absolute Gasteiger partial charge is 0.496 e. The van der Waals surface area contributed by atoms with Crippen LogP contribution in [0, 0.1) is 6.92 Å². The molecule has 0 amide bonds. The van der Waals surface area contributed by atoms with Crippen LogP contribution >= 0.6 is 24.0 Å². The molecular formula is C17H27IN6O. The molecule has 7 nitrogen and oxygen atoms in total. The SMILES string of the molecule is CCn1cnnc1CNC(=NC)NCCc1ccc(C)c(OC)c1.I. The molecular weight excluding hydrogens is 431 g/mol. The molecule has 0 atom stereocenters. The van der Waals surface area contributed by atoms with Gasteiger partial charge in [0, 0.05) is 20.1 Å². The van der Waals surface area contributed by atoms with Gasteiger partial charge in [-0.3, -0.25) is 4.99 Å². The first-order valence-corrected chi connectivity index (χ1v) is 8.12. The van der Waals surface area contributed by atoms with E-state index in [2.05, 4.69) is 50.9 Å². The zero-order valence-electron chi connectivity index (χ0n) is 15.2. The summed E-state index contributed by atoms with van der Waals surface area (Å²) in [4.78, 5) is 4.23. The summed E-state index contributed by atoms with van der Waals surface area (Å²) < 4.78 is 7.36. The van der Waals surface area contributed by atoms with E-state index >= 15 is 0 Å². The normalized spacial score (nSPS) is 11.0. The smallest absolute Gasteiger partial charge is 0.191 e. The molecule has 2 rings (SSSR count). The number of rotatable bonds is 7. The second-order valence-electron chi connectivity index (χ2n) is 5.44. The van der Waals surface area contributed by atoms with Crippen molar-refractivity contribution in [3.63, 3.8) is 0 Å². The van der Waals surface area contributed by atoms with Crippen molar-refractivity contribution in [1.29, 1.82) is 0 Å². The number of methoxy groups -OCH3 is 1. The van der Waals surface area contributed by atoms with E-state index in [1.807, 2.05) is 11.5 Å². The summed E-state index contributed by atoms with van der Waals surface area (Å²) in [6, 6.07) is 6.29. The molecule has 0 unspecified atom stereocenters. The van der Waals surface area contributed by atoms with Crippen LogP contribution in [0.1, 0.15) is 23.9 Å². The van der Waals surface area contributed by atoms with Gasteiger partial charge in [0.2, 0.25) is 0 Å². The van der Waals surface area contributed by atoms with Crippen molar-refractivity contribution in [3.05, 3.63) is 41.5 Å². The third kappa shape index (κ3) is 6.18. The predicted molar refractivity (Wildman–Crippen MR) is 111 cm³/mol. The number of guanidine groups is 1. The van der Waals surface area contributed by atoms with Crippen molar-refractivity contribution >= 4 is 29.9 Å². The van der Waals surface area contributed by atoms with E-state index in [9.17, 15) is 0 Å². The number of ether oxygens (including phenoxy) is 1. The van der Waals surface area contributed by atoms with Crippen LogP contribution < -0.4 is 15.4 Å². The van der Waals surface area contributed by atoms with Gasteiger partial charge >= 0.3 is 0 Å². The minimum absolute atomic E-state index is 0. The fourth-order valence-corrected chi connectivity index (χ4v) is 2.41. The Morgan fingerprint density at radius 3 is 2.80 bits per heavy atom. The minimum Gasteiger partial charge on any atom is -0.496 e. The van der Waals surface area contributed by atoms with Gasteiger partial charge in [0.25, 0.3) is 0 Å². The zero-order valence-corrected chi connectivity index (χ0v) is 17.6. The van der Waals surface area contributed by atoms with Gasteiger partial charge in [-0.25, -0.2) is 0 Å². The van der Waals surface area contributed by atoms with E-state index < -0.39 is 0 Å². The van der Waals surface area contributed by atoms with Gasteiger partial charge in [0.15, 0.2) is 11.8 Å². The molecule has 0 radical (unpaired) electrons. The highest BCUT2D eigenvalue weighted by Gasteiger charge is 2.05. The summed E-state index contributed by atoms with van der Waals surface area (Å²) in [5, 5.41) is 14.6. The highest BCUT2D eigenvalue weighted by molar-refractivity contribution is 14.0. The molecule has 0 aliphatic carbocycles. The Morgan fingerprint density at radius 1 is 1.32 bits per heavy atom. The number of aryl methyl sites for hydroxylation is 2. The molecule has 1 heterocycles. The van der Waals surface area contributed by atoms with E-state index in [1.54, 1.807) is 20.5 Å². The number of halogens is 1. The summed E-state index contributed by atoms with van der Waals surface area (Å²) in [5.74, 6) is 2.57. The molecule has 1 aromatic carbocycles. The van der Waals surface area contributed by atoms with Gasteiger partial charge in [-0.15, -0.1) is 34.2 Å². The van der Waals surface area contributed by atoms with E-state index in [-0.39, 0.29) is 24.0 Å². The molecule has 138 valence electrons. The van der Waals surface area contributed by atoms with Gasteiger partial charge in [-0.2, -0.15) is 0 Å². The molecule has 0 saturated heterocycles. The van der Waals surface area contributed by atoms with Crippen LogP contribution in [-0.4, -0.2) is 41.4 Å². The van der Waals surface area contributed by atoms with E-state index in [0.29, 0.717) is 6.54 Å². The summed E-state index contributed by atoms with van der Waals surface area (Å²) in [6.07, 6.45) is 2.63. The van der Waals surface area contributed by atoms with E-state index in [0.717, 1.165) is 42.6 Å². The third-order valence-corrected chi connectivity index (χ3v) is 3.85. The number of hydrogen-bond donors (Lipinski definition) is 2. The molecule has 0 spiro atoms. The Morgan fingerprint density at radius 2 is 2.12 bits per heavy atom. The maximum Gasteiger partial charge on any atom is 0.191 e.